The van der Waals surface area contributed by atoms with Crippen LogP contribution in [0.4, 0.5) is 5.69 Å². The largest absolute Gasteiger partial charge is 0.345 e. The molecule has 1 fully saturated rings. The number of nitrogens with zero attached hydrogens (tertiary/aromatic N) is 1. The lowest BCUT2D eigenvalue weighted by atomic mass is 9.82. The Morgan fingerprint density at radius 1 is 1.12 bits per heavy atom. The highest BCUT2D eigenvalue weighted by Gasteiger charge is 2.35. The van der Waals surface area contributed by atoms with Crippen LogP contribution in [0.25, 0.3) is 0 Å². The lowest BCUT2D eigenvalue weighted by Gasteiger charge is -2.33. The first-order valence-corrected chi connectivity index (χ1v) is 8.56. The highest BCUT2D eigenvalue weighted by molar-refractivity contribution is 5.98. The van der Waals surface area contributed by atoms with Crippen molar-refractivity contribution in [2.75, 3.05) is 18.0 Å². The molecule has 1 heterocycles. The van der Waals surface area contributed by atoms with Gasteiger partial charge >= 0.3 is 0 Å². The van der Waals surface area contributed by atoms with Crippen LogP contribution in [0.2, 0.25) is 0 Å². The molecular weight excluding hydrogens is 326 g/mol. The third-order valence-corrected chi connectivity index (χ3v) is 5.01. The van der Waals surface area contributed by atoms with Gasteiger partial charge in [0.1, 0.15) is 0 Å². The van der Waals surface area contributed by atoms with E-state index in [4.69, 9.17) is 5.73 Å². The number of anilines is 1. The zero-order chi connectivity index (χ0) is 16.3. The van der Waals surface area contributed by atoms with Crippen molar-refractivity contribution in [2.45, 2.75) is 50.5 Å². The Balaban J connectivity index is 0.00000208. The molecule has 2 aliphatic rings. The molecule has 1 aliphatic carbocycles. The molecule has 6 heteroatoms. The molecular formula is C18H26ClN3O2. The second-order valence-corrected chi connectivity index (χ2v) is 6.68. The molecule has 2 amide bonds. The molecule has 1 aliphatic heterocycles. The minimum atomic E-state index is -0.793. The standard InChI is InChI=1S/C18H25N3O2.ClH/c19-18(10-4-1-5-11-18)17(23)20-13-16(22)21-12-6-8-14-7-2-3-9-15(14)21;/h2-3,7,9H,1,4-6,8,10-13,19H2,(H,20,23);1H. The summed E-state index contributed by atoms with van der Waals surface area (Å²) < 4.78 is 0. The zero-order valence-electron chi connectivity index (χ0n) is 13.9. The number of fused-ring (bicyclic) bond motifs is 1. The summed E-state index contributed by atoms with van der Waals surface area (Å²) in [7, 11) is 0. The summed E-state index contributed by atoms with van der Waals surface area (Å²) in [6, 6.07) is 7.97. The lowest BCUT2D eigenvalue weighted by molar-refractivity contribution is -0.129. The maximum atomic E-state index is 12.5. The normalized spacial score (nSPS) is 19.0. The Hall–Kier alpha value is -1.59. The predicted octanol–water partition coefficient (Wildman–Crippen LogP) is 2.17. The quantitative estimate of drug-likeness (QED) is 0.876. The van der Waals surface area contributed by atoms with Crippen molar-refractivity contribution in [3.63, 3.8) is 0 Å². The Bertz CT molecular complexity index is 600. The SMILES string of the molecule is Cl.NC1(C(=O)NCC(=O)N2CCCc3ccccc32)CCCCC1. The zero-order valence-corrected chi connectivity index (χ0v) is 14.7. The van der Waals surface area contributed by atoms with Gasteiger partial charge in [0.2, 0.25) is 11.8 Å². The van der Waals surface area contributed by atoms with Crippen LogP contribution in [-0.2, 0) is 16.0 Å². The number of carbonyl (C=O) groups is 2. The van der Waals surface area contributed by atoms with Crippen LogP contribution in [-0.4, -0.2) is 30.4 Å². The van der Waals surface area contributed by atoms with Gasteiger partial charge in [-0.1, -0.05) is 37.5 Å². The van der Waals surface area contributed by atoms with E-state index in [1.54, 1.807) is 4.90 Å². The van der Waals surface area contributed by atoms with Crippen molar-refractivity contribution in [1.82, 2.24) is 5.32 Å². The number of benzene rings is 1. The molecule has 5 nitrogen and oxygen atoms in total. The lowest BCUT2D eigenvalue weighted by Crippen LogP contribution is -2.56. The first-order chi connectivity index (χ1) is 11.1. The summed E-state index contributed by atoms with van der Waals surface area (Å²) in [5.74, 6) is -0.249. The average Bonchev–Trinajstić information content (AvgIpc) is 2.59. The average molecular weight is 352 g/mol. The van der Waals surface area contributed by atoms with E-state index in [0.717, 1.165) is 37.8 Å². The van der Waals surface area contributed by atoms with Crippen molar-refractivity contribution in [3.8, 4) is 0 Å². The van der Waals surface area contributed by atoms with E-state index in [0.29, 0.717) is 19.4 Å². The minimum Gasteiger partial charge on any atom is -0.345 e. The van der Waals surface area contributed by atoms with Gasteiger partial charge in [0.25, 0.3) is 0 Å². The Labute approximate surface area is 149 Å². The molecule has 0 atom stereocenters. The summed E-state index contributed by atoms with van der Waals surface area (Å²) in [5.41, 5.74) is 7.58. The molecule has 1 saturated carbocycles. The van der Waals surface area contributed by atoms with Crippen molar-refractivity contribution >= 4 is 29.9 Å². The number of halogens is 1. The molecule has 0 aromatic heterocycles. The molecule has 0 spiro atoms. The summed E-state index contributed by atoms with van der Waals surface area (Å²) in [5, 5.41) is 2.77. The Kier molecular flexibility index (Phi) is 6.24. The first kappa shape index (κ1) is 18.7. The van der Waals surface area contributed by atoms with Crippen molar-refractivity contribution in [3.05, 3.63) is 29.8 Å². The molecule has 3 rings (SSSR count). The third kappa shape index (κ3) is 3.90. The van der Waals surface area contributed by atoms with Gasteiger partial charge in [-0.15, -0.1) is 12.4 Å². The number of hydrogen-bond acceptors (Lipinski definition) is 3. The van der Waals surface area contributed by atoms with Crippen molar-refractivity contribution < 1.29 is 9.59 Å². The van der Waals surface area contributed by atoms with Crippen LogP contribution in [0.5, 0.6) is 0 Å². The summed E-state index contributed by atoms with van der Waals surface area (Å²) in [6.07, 6.45) is 6.47. The van der Waals surface area contributed by atoms with Gasteiger partial charge in [-0.3, -0.25) is 9.59 Å². The molecule has 1 aromatic carbocycles. The number of carbonyl (C=O) groups excluding carboxylic acids is 2. The van der Waals surface area contributed by atoms with E-state index >= 15 is 0 Å². The molecule has 1 aromatic rings. The molecule has 24 heavy (non-hydrogen) atoms. The van der Waals surface area contributed by atoms with Gasteiger partial charge in [0.05, 0.1) is 12.1 Å². The minimum absolute atomic E-state index is 0. The van der Waals surface area contributed by atoms with Crippen LogP contribution in [0, 0.1) is 0 Å². The predicted molar refractivity (Wildman–Crippen MR) is 97.4 cm³/mol. The number of nitrogens with one attached hydrogen (secondary N) is 1. The van der Waals surface area contributed by atoms with Crippen LogP contribution in [0.1, 0.15) is 44.1 Å². The monoisotopic (exact) mass is 351 g/mol. The van der Waals surface area contributed by atoms with Gasteiger partial charge in [-0.05, 0) is 37.3 Å². The summed E-state index contributed by atoms with van der Waals surface area (Å²) in [4.78, 5) is 26.6. The van der Waals surface area contributed by atoms with E-state index in [-0.39, 0.29) is 30.8 Å². The number of nitrogens with two attached hydrogens (primary N) is 1. The van der Waals surface area contributed by atoms with Crippen molar-refractivity contribution in [2.24, 2.45) is 5.73 Å². The van der Waals surface area contributed by atoms with Gasteiger partial charge in [-0.2, -0.15) is 0 Å². The van der Waals surface area contributed by atoms with Gasteiger partial charge in [-0.25, -0.2) is 0 Å². The molecule has 0 bridgehead atoms. The molecule has 0 unspecified atom stereocenters. The fourth-order valence-electron chi connectivity index (χ4n) is 3.63. The van der Waals surface area contributed by atoms with Crippen molar-refractivity contribution in [1.29, 1.82) is 0 Å². The first-order valence-electron chi connectivity index (χ1n) is 8.56. The smallest absolute Gasteiger partial charge is 0.246 e. The maximum absolute atomic E-state index is 12.5. The fraction of sp³-hybridized carbons (Fsp3) is 0.556. The molecule has 132 valence electrons. The van der Waals surface area contributed by atoms with E-state index in [9.17, 15) is 9.59 Å². The summed E-state index contributed by atoms with van der Waals surface area (Å²) >= 11 is 0. The van der Waals surface area contributed by atoms with Gasteiger partial charge < -0.3 is 16.0 Å². The maximum Gasteiger partial charge on any atom is 0.246 e. The Morgan fingerprint density at radius 3 is 2.58 bits per heavy atom. The molecule has 0 saturated heterocycles. The molecule has 0 radical (unpaired) electrons. The van der Waals surface area contributed by atoms with E-state index in [1.807, 2.05) is 18.2 Å². The van der Waals surface area contributed by atoms with Gasteiger partial charge in [0, 0.05) is 12.2 Å². The van der Waals surface area contributed by atoms with Crippen LogP contribution in [0.15, 0.2) is 24.3 Å². The topological polar surface area (TPSA) is 75.4 Å². The second kappa shape index (κ2) is 7.99. The number of hydrogen-bond donors (Lipinski definition) is 2. The fourth-order valence-corrected chi connectivity index (χ4v) is 3.63. The van der Waals surface area contributed by atoms with Crippen LogP contribution < -0.4 is 16.0 Å². The van der Waals surface area contributed by atoms with Crippen LogP contribution in [0.3, 0.4) is 0 Å². The highest BCUT2D eigenvalue weighted by Crippen LogP contribution is 2.27. The van der Waals surface area contributed by atoms with Crippen LogP contribution >= 0.6 is 12.4 Å². The molecule has 3 N–H and O–H groups in total. The van der Waals surface area contributed by atoms with E-state index in [2.05, 4.69) is 11.4 Å². The summed E-state index contributed by atoms with van der Waals surface area (Å²) in [6.45, 7) is 0.728. The van der Waals surface area contributed by atoms with Gasteiger partial charge in [0.15, 0.2) is 0 Å². The number of aryl methyl sites for hydroxylation is 1. The van der Waals surface area contributed by atoms with E-state index < -0.39 is 5.54 Å². The highest BCUT2D eigenvalue weighted by atomic mass is 35.5. The number of amides is 2. The third-order valence-electron chi connectivity index (χ3n) is 5.01. The number of para-hydroxylation sites is 1. The van der Waals surface area contributed by atoms with E-state index in [1.165, 1.54) is 5.56 Å². The second-order valence-electron chi connectivity index (χ2n) is 6.68. The number of rotatable bonds is 3. The Morgan fingerprint density at radius 2 is 1.83 bits per heavy atom.